The van der Waals surface area contributed by atoms with E-state index in [2.05, 4.69) is 10.3 Å². The van der Waals surface area contributed by atoms with E-state index in [1.54, 1.807) is 0 Å². The topological polar surface area (TPSA) is 51.2 Å². The van der Waals surface area contributed by atoms with Gasteiger partial charge in [-0.05, 0) is 25.0 Å². The van der Waals surface area contributed by atoms with E-state index in [0.29, 0.717) is 23.2 Å². The molecule has 106 valence electrons. The van der Waals surface area contributed by atoms with Gasteiger partial charge in [-0.2, -0.15) is 0 Å². The largest absolute Gasteiger partial charge is 0.488 e. The SMILES string of the molecule is O=C(Nc1nc(C2CC2)cs1)C1=Cc2ccccc2OC1. The minimum Gasteiger partial charge on any atom is -0.488 e. The number of hydrogen-bond donors (Lipinski definition) is 1. The van der Waals surface area contributed by atoms with Gasteiger partial charge in [0.2, 0.25) is 0 Å². The number of fused-ring (bicyclic) bond motifs is 1. The zero-order chi connectivity index (χ0) is 14.2. The molecule has 4 nitrogen and oxygen atoms in total. The van der Waals surface area contributed by atoms with Gasteiger partial charge in [-0.3, -0.25) is 10.1 Å². The Morgan fingerprint density at radius 1 is 1.33 bits per heavy atom. The van der Waals surface area contributed by atoms with Crippen LogP contribution < -0.4 is 10.1 Å². The van der Waals surface area contributed by atoms with Crippen molar-refractivity contribution in [2.75, 3.05) is 11.9 Å². The molecule has 0 spiro atoms. The number of carbonyl (C=O) groups excluding carboxylic acids is 1. The van der Waals surface area contributed by atoms with E-state index in [4.69, 9.17) is 4.74 Å². The van der Waals surface area contributed by atoms with E-state index in [0.717, 1.165) is 17.0 Å². The van der Waals surface area contributed by atoms with Gasteiger partial charge in [0.25, 0.3) is 5.91 Å². The van der Waals surface area contributed by atoms with Gasteiger partial charge in [0, 0.05) is 16.9 Å². The lowest BCUT2D eigenvalue weighted by Crippen LogP contribution is -2.21. The summed E-state index contributed by atoms with van der Waals surface area (Å²) in [4.78, 5) is 16.7. The van der Waals surface area contributed by atoms with E-state index < -0.39 is 0 Å². The highest BCUT2D eigenvalue weighted by Gasteiger charge is 2.26. The highest BCUT2D eigenvalue weighted by molar-refractivity contribution is 7.14. The van der Waals surface area contributed by atoms with Crippen LogP contribution in [0.1, 0.15) is 30.0 Å². The van der Waals surface area contributed by atoms with Crippen molar-refractivity contribution >= 4 is 28.5 Å². The van der Waals surface area contributed by atoms with Crippen molar-refractivity contribution in [3.05, 3.63) is 46.5 Å². The maximum absolute atomic E-state index is 12.3. The molecule has 0 saturated heterocycles. The number of thiazole rings is 1. The third-order valence-corrected chi connectivity index (χ3v) is 4.44. The highest BCUT2D eigenvalue weighted by Crippen LogP contribution is 2.41. The number of rotatable bonds is 3. The lowest BCUT2D eigenvalue weighted by atomic mass is 10.1. The van der Waals surface area contributed by atoms with Crippen LogP contribution in [-0.2, 0) is 4.79 Å². The number of benzene rings is 1. The summed E-state index contributed by atoms with van der Waals surface area (Å²) >= 11 is 1.48. The third kappa shape index (κ3) is 2.56. The first-order chi connectivity index (χ1) is 10.3. The average molecular weight is 298 g/mol. The zero-order valence-electron chi connectivity index (χ0n) is 11.3. The van der Waals surface area contributed by atoms with Crippen molar-refractivity contribution in [3.63, 3.8) is 0 Å². The molecule has 2 aromatic rings. The summed E-state index contributed by atoms with van der Waals surface area (Å²) in [5, 5.41) is 5.57. The molecule has 1 fully saturated rings. The number of nitrogens with zero attached hydrogens (tertiary/aromatic N) is 1. The Labute approximate surface area is 126 Å². The van der Waals surface area contributed by atoms with Crippen molar-refractivity contribution in [1.82, 2.24) is 4.98 Å². The standard InChI is InChI=1S/C16H14N2O2S/c19-15(18-16-17-13(9-21-16)10-5-6-10)12-7-11-3-1-2-4-14(11)20-8-12/h1-4,7,9-10H,5-6,8H2,(H,17,18,19). The minimum atomic E-state index is -0.138. The van der Waals surface area contributed by atoms with Gasteiger partial charge in [0.05, 0.1) is 11.3 Å². The normalized spacial score (nSPS) is 16.7. The van der Waals surface area contributed by atoms with Gasteiger partial charge < -0.3 is 4.74 Å². The van der Waals surface area contributed by atoms with E-state index in [1.807, 2.05) is 35.7 Å². The molecule has 1 aromatic heterocycles. The zero-order valence-corrected chi connectivity index (χ0v) is 12.2. The Bertz CT molecular complexity index is 731. The fourth-order valence-corrected chi connectivity index (χ4v) is 3.12. The predicted molar refractivity (Wildman–Crippen MR) is 82.6 cm³/mol. The maximum Gasteiger partial charge on any atom is 0.256 e. The van der Waals surface area contributed by atoms with Crippen LogP contribution in [0.4, 0.5) is 5.13 Å². The van der Waals surface area contributed by atoms with Crippen LogP contribution in [0.3, 0.4) is 0 Å². The number of nitrogens with one attached hydrogen (secondary N) is 1. The van der Waals surface area contributed by atoms with Crippen LogP contribution >= 0.6 is 11.3 Å². The van der Waals surface area contributed by atoms with E-state index in [9.17, 15) is 4.79 Å². The van der Waals surface area contributed by atoms with Gasteiger partial charge in [-0.25, -0.2) is 4.98 Å². The number of amides is 1. The summed E-state index contributed by atoms with van der Waals surface area (Å²) in [6.07, 6.45) is 4.31. The number of ether oxygens (including phenoxy) is 1. The maximum atomic E-state index is 12.3. The molecule has 2 heterocycles. The molecule has 4 rings (SSSR count). The fraction of sp³-hybridized carbons (Fsp3) is 0.250. The van der Waals surface area contributed by atoms with E-state index in [1.165, 1.54) is 24.2 Å². The molecule has 0 radical (unpaired) electrons. The quantitative estimate of drug-likeness (QED) is 0.944. The Morgan fingerprint density at radius 2 is 2.19 bits per heavy atom. The van der Waals surface area contributed by atoms with Gasteiger partial charge in [0.1, 0.15) is 12.4 Å². The summed E-state index contributed by atoms with van der Waals surface area (Å²) in [7, 11) is 0. The van der Waals surface area contributed by atoms with Crippen LogP contribution in [0.25, 0.3) is 6.08 Å². The van der Waals surface area contributed by atoms with Crippen molar-refractivity contribution < 1.29 is 9.53 Å². The molecule has 0 unspecified atom stereocenters. The Balaban J connectivity index is 1.51. The molecule has 5 heteroatoms. The first-order valence-corrected chi connectivity index (χ1v) is 7.87. The van der Waals surface area contributed by atoms with Crippen molar-refractivity contribution in [3.8, 4) is 5.75 Å². The Hall–Kier alpha value is -2.14. The minimum absolute atomic E-state index is 0.138. The molecule has 1 saturated carbocycles. The molecule has 2 aliphatic rings. The van der Waals surface area contributed by atoms with Crippen LogP contribution in [0.5, 0.6) is 5.75 Å². The first-order valence-electron chi connectivity index (χ1n) is 6.99. The molecule has 0 atom stereocenters. The summed E-state index contributed by atoms with van der Waals surface area (Å²) in [6.45, 7) is 0.295. The lowest BCUT2D eigenvalue weighted by molar-refractivity contribution is -0.113. The van der Waals surface area contributed by atoms with Crippen LogP contribution in [0.15, 0.2) is 35.2 Å². The number of para-hydroxylation sites is 1. The summed E-state index contributed by atoms with van der Waals surface area (Å²) in [6, 6.07) is 7.70. The van der Waals surface area contributed by atoms with Gasteiger partial charge in [-0.1, -0.05) is 18.2 Å². The van der Waals surface area contributed by atoms with Gasteiger partial charge in [0.15, 0.2) is 5.13 Å². The number of hydrogen-bond acceptors (Lipinski definition) is 4. The monoisotopic (exact) mass is 298 g/mol. The first kappa shape index (κ1) is 12.6. The highest BCUT2D eigenvalue weighted by atomic mass is 32.1. The molecule has 1 aliphatic carbocycles. The smallest absolute Gasteiger partial charge is 0.256 e. The molecule has 1 amide bonds. The van der Waals surface area contributed by atoms with Crippen molar-refractivity contribution in [1.29, 1.82) is 0 Å². The molecule has 1 aromatic carbocycles. The lowest BCUT2D eigenvalue weighted by Gasteiger charge is -2.16. The number of aromatic nitrogens is 1. The second-order valence-corrected chi connectivity index (χ2v) is 6.16. The third-order valence-electron chi connectivity index (χ3n) is 3.66. The van der Waals surface area contributed by atoms with E-state index >= 15 is 0 Å². The second-order valence-electron chi connectivity index (χ2n) is 5.30. The molecule has 0 bridgehead atoms. The number of carbonyl (C=O) groups is 1. The Morgan fingerprint density at radius 3 is 3.05 bits per heavy atom. The average Bonchev–Trinajstić information content (AvgIpc) is 3.27. The molecule has 1 N–H and O–H groups in total. The molecular formula is C16H14N2O2S. The van der Waals surface area contributed by atoms with Crippen LogP contribution in [0, 0.1) is 0 Å². The molecule has 1 aliphatic heterocycles. The summed E-state index contributed by atoms with van der Waals surface area (Å²) < 4.78 is 5.60. The summed E-state index contributed by atoms with van der Waals surface area (Å²) in [5.74, 6) is 1.29. The number of anilines is 1. The second kappa shape index (κ2) is 5.00. The van der Waals surface area contributed by atoms with E-state index in [-0.39, 0.29) is 5.91 Å². The van der Waals surface area contributed by atoms with Crippen molar-refractivity contribution in [2.24, 2.45) is 0 Å². The Kier molecular flexibility index (Phi) is 3.00. The predicted octanol–water partition coefficient (Wildman–Crippen LogP) is 3.44. The molecular weight excluding hydrogens is 284 g/mol. The molecule has 21 heavy (non-hydrogen) atoms. The van der Waals surface area contributed by atoms with Gasteiger partial charge in [-0.15, -0.1) is 11.3 Å². The van der Waals surface area contributed by atoms with Crippen LogP contribution in [-0.4, -0.2) is 17.5 Å². The van der Waals surface area contributed by atoms with Crippen LogP contribution in [0.2, 0.25) is 0 Å². The fourth-order valence-electron chi connectivity index (χ4n) is 2.33. The van der Waals surface area contributed by atoms with Gasteiger partial charge >= 0.3 is 0 Å². The van der Waals surface area contributed by atoms with Crippen molar-refractivity contribution in [2.45, 2.75) is 18.8 Å². The summed E-state index contributed by atoms with van der Waals surface area (Å²) in [5.41, 5.74) is 2.66.